The number of carbonyl (C=O) groups excluding carboxylic acids is 4. The number of hydrogen-bond donors (Lipinski definition) is 3. The maximum atomic E-state index is 14.9. The number of carboxylic acids is 1. The van der Waals surface area contributed by atoms with Crippen molar-refractivity contribution in [2.75, 3.05) is 93.4 Å². The zero-order chi connectivity index (χ0) is 60.1. The van der Waals surface area contributed by atoms with E-state index in [0.29, 0.717) is 63.3 Å². The zero-order valence-electron chi connectivity index (χ0n) is 49.9. The molecule has 3 aromatic rings. The number of nitrogens with zero attached hydrogens (tertiary/aromatic N) is 7. The highest BCUT2D eigenvalue weighted by molar-refractivity contribution is 6.35. The number of esters is 1. The Labute approximate surface area is 492 Å². The number of fused-ring (bicyclic) bond motifs is 8. The normalized spacial score (nSPS) is 28.0. The van der Waals surface area contributed by atoms with Crippen LogP contribution in [0.25, 0.3) is 10.9 Å². The number of aliphatic carboxylic acids is 1. The predicted octanol–water partition coefficient (Wildman–Crippen LogP) is 6.10. The first-order valence-electron chi connectivity index (χ1n) is 28.8. The van der Waals surface area contributed by atoms with E-state index in [2.05, 4.69) is 64.1 Å². The molecule has 83 heavy (non-hydrogen) atoms. The number of nitrogens with one attached hydrogen (secondary N) is 1. The first-order chi connectivity index (χ1) is 39.5. The lowest BCUT2D eigenvalue weighted by atomic mass is 9.83. The third kappa shape index (κ3) is 14.2. The van der Waals surface area contributed by atoms with Gasteiger partial charge in [0.05, 0.1) is 64.7 Å². The lowest BCUT2D eigenvalue weighted by Crippen LogP contribution is -2.63. The van der Waals surface area contributed by atoms with Crippen LogP contribution in [-0.2, 0) is 67.1 Å². The molecule has 4 bridgehead atoms. The second-order valence-corrected chi connectivity index (χ2v) is 23.3. The van der Waals surface area contributed by atoms with E-state index >= 15 is 0 Å². The molecule has 1 aromatic heterocycles. The zero-order valence-corrected chi connectivity index (χ0v) is 50.7. The van der Waals surface area contributed by atoms with Crippen LogP contribution in [0.5, 0.6) is 5.75 Å². The number of carboxylic acid groups (broad SMARTS) is 1. The second kappa shape index (κ2) is 27.1. The smallest absolute Gasteiger partial charge is 0.409 e. The van der Waals surface area contributed by atoms with Crippen molar-refractivity contribution in [2.24, 2.45) is 5.92 Å². The van der Waals surface area contributed by atoms with Crippen LogP contribution in [0.1, 0.15) is 96.0 Å². The highest BCUT2D eigenvalue weighted by Crippen LogP contribution is 2.49. The van der Waals surface area contributed by atoms with Crippen molar-refractivity contribution in [3.8, 4) is 5.75 Å². The number of hydrogen-bond acceptors (Lipinski definition) is 17. The maximum Gasteiger partial charge on any atom is 0.409 e. The summed E-state index contributed by atoms with van der Waals surface area (Å²) in [6, 6.07) is 11.2. The van der Waals surface area contributed by atoms with E-state index in [1.54, 1.807) is 46.2 Å². The van der Waals surface area contributed by atoms with Gasteiger partial charge < -0.3 is 57.7 Å². The van der Waals surface area contributed by atoms with Crippen molar-refractivity contribution < 1.29 is 67.3 Å². The van der Waals surface area contributed by atoms with Gasteiger partial charge in [-0.05, 0) is 70.7 Å². The number of piperidine rings is 1. The summed E-state index contributed by atoms with van der Waals surface area (Å²) in [4.78, 5) is 71.3. The number of likely N-dealkylation sites (N-methyl/N-ethyl adjacent to an activating group) is 1. The van der Waals surface area contributed by atoms with E-state index in [4.69, 9.17) is 49.9 Å². The molecule has 8 rings (SSSR count). The Hall–Kier alpha value is -5.66. The van der Waals surface area contributed by atoms with Gasteiger partial charge in [0.2, 0.25) is 11.8 Å². The minimum Gasteiger partial charge on any atom is -0.495 e. The van der Waals surface area contributed by atoms with Crippen molar-refractivity contribution in [3.63, 3.8) is 0 Å². The molecule has 9 atom stereocenters. The molecule has 2 aromatic carbocycles. The number of rotatable bonds is 19. The van der Waals surface area contributed by atoms with Crippen molar-refractivity contribution in [3.05, 3.63) is 82.0 Å². The molecular weight excluding hydrogens is 1090 g/mol. The van der Waals surface area contributed by atoms with Crippen LogP contribution in [-0.4, -0.2) is 206 Å². The molecule has 5 aliphatic rings. The molecular formula is C60H85ClN8O14. The SMILES string of the molecule is COc1cc2cc(c1Cl)N(C)C(=O)C[C@H](OC(=O)[C@@H](C)N(C)N(CCOCCOCCC(=O)O)C1CCN(C(=O)CCn3c4c(c5ccccc53)C(C)N(C)N(C)C4)CC1)[C@]1(C)OC1[C@H](C)[C@@H]1C[C@@](O)(NC(=O)O1)[C@H](OC)/C=C/C=C(\C)C2. The Morgan fingerprint density at radius 2 is 1.71 bits per heavy atom. The fraction of sp³-hybridized carbons (Fsp3) is 0.617. The molecule has 5 aliphatic heterocycles. The summed E-state index contributed by atoms with van der Waals surface area (Å²) in [6.07, 6.45) is 2.13. The summed E-state index contributed by atoms with van der Waals surface area (Å²) >= 11 is 6.93. The molecule has 0 radical (unpaired) electrons. The Balaban J connectivity index is 1.01. The average molecular weight is 1180 g/mol. The Kier molecular flexibility index (Phi) is 20.7. The van der Waals surface area contributed by atoms with Crippen LogP contribution in [0.3, 0.4) is 0 Å². The van der Waals surface area contributed by atoms with Crippen molar-refractivity contribution in [2.45, 2.75) is 147 Å². The number of methoxy groups -OCH3 is 2. The number of allylic oxidation sites excluding steroid dienone is 3. The Morgan fingerprint density at radius 3 is 2.41 bits per heavy atom. The van der Waals surface area contributed by atoms with Gasteiger partial charge in [-0.25, -0.2) is 24.8 Å². The van der Waals surface area contributed by atoms with Crippen molar-refractivity contribution in [1.29, 1.82) is 0 Å². The van der Waals surface area contributed by atoms with E-state index in [9.17, 15) is 29.1 Å². The van der Waals surface area contributed by atoms with Gasteiger partial charge in [0.25, 0.3) is 0 Å². The van der Waals surface area contributed by atoms with Crippen molar-refractivity contribution in [1.82, 2.24) is 34.8 Å². The van der Waals surface area contributed by atoms with Gasteiger partial charge in [-0.15, -0.1) is 0 Å². The van der Waals surface area contributed by atoms with Gasteiger partial charge in [-0.3, -0.25) is 24.5 Å². The molecule has 22 nitrogen and oxygen atoms in total. The summed E-state index contributed by atoms with van der Waals surface area (Å²) in [5.74, 6) is -2.18. The number of amides is 3. The van der Waals surface area contributed by atoms with E-state index in [1.165, 1.54) is 35.8 Å². The first-order valence-corrected chi connectivity index (χ1v) is 29.1. The molecule has 3 fully saturated rings. The predicted molar refractivity (Wildman–Crippen MR) is 310 cm³/mol. The van der Waals surface area contributed by atoms with Gasteiger partial charge in [0.15, 0.2) is 5.72 Å². The highest BCUT2D eigenvalue weighted by Gasteiger charge is 2.64. The fourth-order valence-electron chi connectivity index (χ4n) is 12.3. The van der Waals surface area contributed by atoms with Crippen LogP contribution >= 0.6 is 11.6 Å². The minimum absolute atomic E-state index is 0.0597. The van der Waals surface area contributed by atoms with E-state index < -0.39 is 71.6 Å². The lowest BCUT2D eigenvalue weighted by Gasteiger charge is -2.44. The number of aryl methyl sites for hydroxylation is 1. The summed E-state index contributed by atoms with van der Waals surface area (Å²) < 4.78 is 44.0. The number of benzene rings is 2. The number of epoxide rings is 1. The standard InChI is InChI=1S/C60H85ClN8O14/c1-37-15-14-18-49(78-11)60(76)35-48(81-58(75)62-60)38(2)56-59(5,83-56)50(34-52(71)64(7)45-32-41(31-37)33-47(77-10)55(45)61)82-57(74)40(4)66(9)69(26-28-80-30-29-79-27-22-53(72)73)42-19-23-67(24-20-42)51(70)21-25-68-44-17-13-12-16-43(44)54-39(3)65(8)63(6)36-46(54)68/h12-18,32-33,38-40,42,48-50,56,76H,19-31,34-36H2,1-11H3,(H,62,75)(H,72,73)/b18-14+,37-15+/t38-,39?,40-,48+,49-,50+,56?,59+,60+/m1/s1. The van der Waals surface area contributed by atoms with Crippen LogP contribution < -0.4 is 15.0 Å². The second-order valence-electron chi connectivity index (χ2n) is 23.0. The molecule has 3 amide bonds. The van der Waals surface area contributed by atoms with E-state index in [1.807, 2.05) is 42.0 Å². The number of likely N-dealkylation sites (tertiary alicyclic amines) is 1. The number of alkyl carbamates (subject to hydrolysis) is 1. The third-order valence-electron chi connectivity index (χ3n) is 17.6. The molecule has 0 spiro atoms. The monoisotopic (exact) mass is 1180 g/mol. The van der Waals surface area contributed by atoms with Gasteiger partial charge in [-0.1, -0.05) is 60.5 Å². The van der Waals surface area contributed by atoms with Crippen LogP contribution in [0.4, 0.5) is 10.5 Å². The summed E-state index contributed by atoms with van der Waals surface area (Å²) in [5.41, 5.74) is 2.59. The average Bonchev–Trinajstić information content (AvgIpc) is 1.98. The summed E-state index contributed by atoms with van der Waals surface area (Å²) in [6.45, 7) is 12.8. The summed E-state index contributed by atoms with van der Waals surface area (Å²) in [5, 5.41) is 33.4. The van der Waals surface area contributed by atoms with Gasteiger partial charge in [0.1, 0.15) is 40.7 Å². The van der Waals surface area contributed by atoms with Gasteiger partial charge >= 0.3 is 18.0 Å². The Morgan fingerprint density at radius 1 is 1.00 bits per heavy atom. The topological polar surface area (TPSA) is 230 Å². The molecule has 3 saturated heterocycles. The number of para-hydroxylation sites is 1. The van der Waals surface area contributed by atoms with Crippen molar-refractivity contribution >= 4 is 58.0 Å². The molecule has 0 saturated carbocycles. The highest BCUT2D eigenvalue weighted by atomic mass is 35.5. The number of aromatic nitrogens is 1. The van der Waals surface area contributed by atoms with E-state index in [-0.39, 0.29) is 68.7 Å². The first kappa shape index (κ1) is 63.4. The number of ether oxygens (including phenoxy) is 7. The Bertz CT molecular complexity index is 2900. The maximum absolute atomic E-state index is 14.9. The van der Waals surface area contributed by atoms with Crippen LogP contribution in [0, 0.1) is 5.92 Å². The van der Waals surface area contributed by atoms with Gasteiger partial charge in [-0.2, -0.15) is 0 Å². The molecule has 23 heteroatoms. The molecule has 0 aliphatic carbocycles. The molecule has 3 N–H and O–H groups in total. The molecule has 456 valence electrons. The number of hydrazine groups is 2. The number of aliphatic hydroxyl groups is 1. The number of halogens is 1. The fourth-order valence-corrected chi connectivity index (χ4v) is 12.6. The number of carbonyl (C=O) groups is 5. The van der Waals surface area contributed by atoms with E-state index in [0.717, 1.165) is 23.2 Å². The van der Waals surface area contributed by atoms with Gasteiger partial charge in [0, 0.05) is 114 Å². The molecule has 2 unspecified atom stereocenters. The van der Waals surface area contributed by atoms with Crippen LogP contribution in [0.15, 0.2) is 60.2 Å². The number of anilines is 1. The lowest BCUT2D eigenvalue weighted by molar-refractivity contribution is -0.170. The van der Waals surface area contributed by atoms with Crippen LogP contribution in [0.2, 0.25) is 5.02 Å². The summed E-state index contributed by atoms with van der Waals surface area (Å²) in [7, 11) is 10.5. The quantitative estimate of drug-likeness (QED) is 0.0533. The largest absolute Gasteiger partial charge is 0.495 e. The molecule has 6 heterocycles. The minimum atomic E-state index is -1.87. The third-order valence-corrected chi connectivity index (χ3v) is 18.0.